The first-order valence-corrected chi connectivity index (χ1v) is 9.16. The first kappa shape index (κ1) is 15.8. The van der Waals surface area contributed by atoms with E-state index >= 15 is 0 Å². The summed E-state index contributed by atoms with van der Waals surface area (Å²) < 4.78 is 22.4. The molecule has 2 aromatic heterocycles. The highest BCUT2D eigenvalue weighted by atomic mass is 19.1. The molecule has 1 atom stereocenters. The van der Waals surface area contributed by atoms with Crippen LogP contribution in [0.15, 0.2) is 21.3 Å². The normalized spacial score (nSPS) is 20.6. The first-order valence-electron chi connectivity index (χ1n) is 9.16. The van der Waals surface area contributed by atoms with Crippen LogP contribution in [0.2, 0.25) is 0 Å². The molecular weight excluding hydrogens is 335 g/mol. The number of rotatable bonds is 3. The molecule has 6 nitrogen and oxygen atoms in total. The number of hydrogen-bond donors (Lipinski definition) is 1. The summed E-state index contributed by atoms with van der Waals surface area (Å²) in [7, 11) is 0. The predicted octanol–water partition coefficient (Wildman–Crippen LogP) is 2.71. The highest BCUT2D eigenvalue weighted by Crippen LogP contribution is 2.39. The summed E-state index contributed by atoms with van der Waals surface area (Å²) >= 11 is 0. The average Bonchev–Trinajstić information content (AvgIpc) is 3.19. The average molecular weight is 356 g/mol. The van der Waals surface area contributed by atoms with Crippen molar-refractivity contribution in [3.63, 3.8) is 0 Å². The van der Waals surface area contributed by atoms with E-state index in [-0.39, 0.29) is 17.4 Å². The topological polar surface area (TPSA) is 77.3 Å². The van der Waals surface area contributed by atoms with Gasteiger partial charge in [0.2, 0.25) is 0 Å². The summed E-state index contributed by atoms with van der Waals surface area (Å²) in [6, 6.07) is 3.46. The summed E-state index contributed by atoms with van der Waals surface area (Å²) in [5.41, 5.74) is 7.57. The van der Waals surface area contributed by atoms with Crippen molar-refractivity contribution >= 4 is 27.7 Å². The van der Waals surface area contributed by atoms with Gasteiger partial charge < -0.3 is 19.6 Å². The van der Waals surface area contributed by atoms with Gasteiger partial charge in [0.15, 0.2) is 17.0 Å². The largest absolute Gasteiger partial charge is 0.440 e. The number of fused-ring (bicyclic) bond motifs is 3. The van der Waals surface area contributed by atoms with Gasteiger partial charge in [0.1, 0.15) is 5.82 Å². The Labute approximate surface area is 149 Å². The molecule has 0 radical (unpaired) electrons. The number of hydrogen-bond acceptors (Lipinski definition) is 5. The molecule has 5 rings (SSSR count). The number of oxazole rings is 1. The van der Waals surface area contributed by atoms with Crippen LogP contribution in [0.5, 0.6) is 0 Å². The van der Waals surface area contributed by atoms with Gasteiger partial charge in [0, 0.05) is 31.4 Å². The van der Waals surface area contributed by atoms with E-state index in [0.717, 1.165) is 37.9 Å². The highest BCUT2D eigenvalue weighted by molar-refractivity contribution is 6.02. The Morgan fingerprint density at radius 3 is 2.85 bits per heavy atom. The molecule has 0 amide bonds. The van der Waals surface area contributed by atoms with E-state index in [0.29, 0.717) is 40.5 Å². The minimum absolute atomic E-state index is 0.148. The van der Waals surface area contributed by atoms with Gasteiger partial charge in [-0.15, -0.1) is 0 Å². The Morgan fingerprint density at radius 1 is 1.35 bits per heavy atom. The summed E-state index contributed by atoms with van der Waals surface area (Å²) in [6.45, 7) is 3.84. The maximum Gasteiger partial charge on any atom is 0.281 e. The van der Waals surface area contributed by atoms with Crippen molar-refractivity contribution in [2.75, 3.05) is 24.5 Å². The van der Waals surface area contributed by atoms with Crippen molar-refractivity contribution in [1.82, 2.24) is 9.55 Å². The zero-order valence-corrected chi connectivity index (χ0v) is 14.7. The van der Waals surface area contributed by atoms with E-state index in [1.165, 1.54) is 6.07 Å². The lowest BCUT2D eigenvalue weighted by molar-refractivity contribution is 0.563. The van der Waals surface area contributed by atoms with Crippen molar-refractivity contribution in [1.29, 1.82) is 0 Å². The lowest BCUT2D eigenvalue weighted by Crippen LogP contribution is -2.24. The van der Waals surface area contributed by atoms with Gasteiger partial charge in [-0.1, -0.05) is 0 Å². The Kier molecular flexibility index (Phi) is 3.37. The van der Waals surface area contributed by atoms with Gasteiger partial charge >= 0.3 is 0 Å². The molecule has 1 aromatic carbocycles. The smallest absolute Gasteiger partial charge is 0.281 e. The van der Waals surface area contributed by atoms with Crippen molar-refractivity contribution < 1.29 is 8.81 Å². The zero-order valence-electron chi connectivity index (χ0n) is 14.7. The molecule has 3 heterocycles. The lowest BCUT2D eigenvalue weighted by Gasteiger charge is -2.21. The van der Waals surface area contributed by atoms with Gasteiger partial charge in [0.05, 0.1) is 11.2 Å². The SMILES string of the molecule is Cc1nc2c(=O)n(C3CC3)c3cc(N4CCC(CN)C4)c(F)cc3c2o1. The molecule has 2 fully saturated rings. The number of pyridine rings is 1. The molecule has 2 aliphatic rings. The fourth-order valence-electron chi connectivity index (χ4n) is 4.09. The maximum atomic E-state index is 15.0. The van der Waals surface area contributed by atoms with Crippen molar-refractivity contribution in [3.05, 3.63) is 34.2 Å². The lowest BCUT2D eigenvalue weighted by atomic mass is 10.1. The van der Waals surface area contributed by atoms with E-state index in [2.05, 4.69) is 4.98 Å². The second-order valence-corrected chi connectivity index (χ2v) is 7.47. The number of nitrogens with zero attached hydrogens (tertiary/aromatic N) is 3. The molecule has 1 unspecified atom stereocenters. The predicted molar refractivity (Wildman–Crippen MR) is 98.1 cm³/mol. The van der Waals surface area contributed by atoms with Gasteiger partial charge in [-0.3, -0.25) is 4.79 Å². The Balaban J connectivity index is 1.78. The molecule has 1 saturated heterocycles. The first-order chi connectivity index (χ1) is 12.6. The molecule has 7 heteroatoms. The van der Waals surface area contributed by atoms with Crippen LogP contribution in [-0.4, -0.2) is 29.2 Å². The van der Waals surface area contributed by atoms with Crippen LogP contribution in [0.1, 0.15) is 31.2 Å². The van der Waals surface area contributed by atoms with Crippen molar-refractivity contribution in [2.45, 2.75) is 32.2 Å². The molecule has 1 aliphatic heterocycles. The number of aromatic nitrogens is 2. The molecule has 1 saturated carbocycles. The second kappa shape index (κ2) is 5.54. The van der Waals surface area contributed by atoms with Gasteiger partial charge in [-0.2, -0.15) is 0 Å². The van der Waals surface area contributed by atoms with Crippen LogP contribution in [0.4, 0.5) is 10.1 Å². The minimum Gasteiger partial charge on any atom is -0.440 e. The Hall–Kier alpha value is -2.41. The fraction of sp³-hybridized carbons (Fsp3) is 0.474. The van der Waals surface area contributed by atoms with Crippen molar-refractivity contribution in [3.8, 4) is 0 Å². The van der Waals surface area contributed by atoms with Crippen molar-refractivity contribution in [2.24, 2.45) is 11.7 Å². The van der Waals surface area contributed by atoms with Crippen LogP contribution >= 0.6 is 0 Å². The quantitative estimate of drug-likeness (QED) is 0.781. The molecule has 136 valence electrons. The molecule has 3 aromatic rings. The van der Waals surface area contributed by atoms with Crippen LogP contribution in [-0.2, 0) is 0 Å². The second-order valence-electron chi connectivity index (χ2n) is 7.47. The highest BCUT2D eigenvalue weighted by Gasteiger charge is 2.30. The third-order valence-electron chi connectivity index (χ3n) is 5.60. The van der Waals surface area contributed by atoms with E-state index in [1.54, 1.807) is 17.6 Å². The van der Waals surface area contributed by atoms with E-state index in [9.17, 15) is 9.18 Å². The Bertz CT molecular complexity index is 1080. The van der Waals surface area contributed by atoms with Crippen LogP contribution in [0.25, 0.3) is 22.0 Å². The fourth-order valence-corrected chi connectivity index (χ4v) is 4.09. The maximum absolute atomic E-state index is 15.0. The molecular formula is C19H21FN4O2. The molecule has 1 aliphatic carbocycles. The van der Waals surface area contributed by atoms with E-state index < -0.39 is 0 Å². The number of benzene rings is 1. The van der Waals surface area contributed by atoms with E-state index in [4.69, 9.17) is 10.2 Å². The monoisotopic (exact) mass is 356 g/mol. The minimum atomic E-state index is -0.300. The van der Waals surface area contributed by atoms with E-state index in [1.807, 2.05) is 4.90 Å². The third-order valence-corrected chi connectivity index (χ3v) is 5.60. The summed E-state index contributed by atoms with van der Waals surface area (Å²) in [6.07, 6.45) is 2.88. The molecule has 26 heavy (non-hydrogen) atoms. The van der Waals surface area contributed by atoms with Crippen LogP contribution in [0.3, 0.4) is 0 Å². The standard InChI is InChI=1S/C19H21FN4O2/c1-10-22-17-18(26-10)13-6-14(20)16(23-5-4-11(8-21)9-23)7-15(13)24(19(17)25)12-2-3-12/h6-7,11-12H,2-5,8-9,21H2,1H3. The summed E-state index contributed by atoms with van der Waals surface area (Å²) in [5.74, 6) is 0.503. The molecule has 2 N–H and O–H groups in total. The van der Waals surface area contributed by atoms with Crippen LogP contribution < -0.4 is 16.2 Å². The summed E-state index contributed by atoms with van der Waals surface area (Å²) in [4.78, 5) is 19.2. The van der Waals surface area contributed by atoms with Gasteiger partial charge in [-0.05, 0) is 43.9 Å². The Morgan fingerprint density at radius 2 is 2.15 bits per heavy atom. The number of aryl methyl sites for hydroxylation is 1. The molecule has 0 spiro atoms. The number of anilines is 1. The third kappa shape index (κ3) is 2.26. The van der Waals surface area contributed by atoms with Crippen LogP contribution in [0, 0.1) is 18.7 Å². The van der Waals surface area contributed by atoms with Gasteiger partial charge in [0.25, 0.3) is 5.56 Å². The zero-order chi connectivity index (χ0) is 18.0. The molecule has 0 bridgehead atoms. The number of nitrogens with two attached hydrogens (primary N) is 1. The van der Waals surface area contributed by atoms with Gasteiger partial charge in [-0.25, -0.2) is 9.37 Å². The number of halogens is 1. The summed E-state index contributed by atoms with van der Waals surface area (Å²) in [5, 5.41) is 0.614.